The van der Waals surface area contributed by atoms with Crippen LogP contribution in [0.15, 0.2) is 48.6 Å². The van der Waals surface area contributed by atoms with E-state index in [1.807, 2.05) is 26.0 Å². The number of carboxylic acid groups (broad SMARTS) is 4. The van der Waals surface area contributed by atoms with Crippen molar-refractivity contribution in [2.45, 2.75) is 250 Å². The molecule has 9 unspecified atom stereocenters. The molecule has 9 aliphatic rings. The highest BCUT2D eigenvalue weighted by Gasteiger charge is 2.65. The summed E-state index contributed by atoms with van der Waals surface area (Å²) in [4.78, 5) is 124. The van der Waals surface area contributed by atoms with Crippen molar-refractivity contribution in [2.75, 3.05) is 0 Å². The van der Waals surface area contributed by atoms with E-state index >= 15 is 0 Å². The largest absolute Gasteiger partial charge is 0.481 e. The molecule has 4 heterocycles. The van der Waals surface area contributed by atoms with Gasteiger partial charge in [-0.3, -0.25) is 38.4 Å². The van der Waals surface area contributed by atoms with Crippen molar-refractivity contribution in [2.24, 2.45) is 35.0 Å². The van der Waals surface area contributed by atoms with Crippen molar-refractivity contribution in [3.63, 3.8) is 0 Å². The molecule has 8 fully saturated rings. The summed E-state index contributed by atoms with van der Waals surface area (Å²) in [6.45, 7) is 30.0. The summed E-state index contributed by atoms with van der Waals surface area (Å²) in [5.41, 5.74) is -2.77. The zero-order chi connectivity index (χ0) is 66.2. The first-order valence-electron chi connectivity index (χ1n) is 29.9. The van der Waals surface area contributed by atoms with Gasteiger partial charge in [-0.25, -0.2) is 14.4 Å². The average molecular weight is 1240 g/mol. The van der Waals surface area contributed by atoms with Crippen LogP contribution < -0.4 is 0 Å². The molecule has 24 nitrogen and oxygen atoms in total. The predicted molar refractivity (Wildman–Crippen MR) is 309 cm³/mol. The van der Waals surface area contributed by atoms with Gasteiger partial charge in [-0.1, -0.05) is 31.9 Å². The second-order valence-corrected chi connectivity index (χ2v) is 27.1. The maximum absolute atomic E-state index is 12.2. The molecule has 4 N–H and O–H groups in total. The van der Waals surface area contributed by atoms with Crippen LogP contribution in [0.3, 0.4) is 0 Å². The van der Waals surface area contributed by atoms with E-state index in [2.05, 4.69) is 19.7 Å². The summed E-state index contributed by atoms with van der Waals surface area (Å²) in [5.74, 6) is -7.85. The summed E-state index contributed by atoms with van der Waals surface area (Å²) in [6, 6.07) is 0. The first-order valence-corrected chi connectivity index (χ1v) is 29.9. The van der Waals surface area contributed by atoms with Crippen molar-refractivity contribution < 1.29 is 116 Å². The Balaban J connectivity index is 0.000000216. The van der Waals surface area contributed by atoms with Crippen LogP contribution in [0, 0.1) is 35.0 Å². The van der Waals surface area contributed by atoms with Gasteiger partial charge in [0.15, 0.2) is 0 Å². The molecular weight excluding hydrogens is 1150 g/mol. The monoisotopic (exact) mass is 1240 g/mol. The lowest BCUT2D eigenvalue weighted by Gasteiger charge is -2.64. The summed E-state index contributed by atoms with van der Waals surface area (Å²) in [5, 5.41) is 34.6. The summed E-state index contributed by atoms with van der Waals surface area (Å²) in [6.07, 6.45) is 10.8. The normalized spacial score (nSPS) is 29.3. The molecular formula is C64H90O24. The standard InChI is InChI=1S/C20H28O6.C16H22O7.C16H24O6.C12H16O5/c1-12(2)17(24)26-20-9-13-5-14(10-20)8-19(7-13,11-20)18(3,4)25-16(23)6-15(21)22;1-8(2)15(20)22-12-6-10-9(5-11(12)21-10)16(3,4)23-14(19)7-13(17)18;1-10(2)15(20)21-12-7-5-11(6-8-12)16(3,4)22-14(19)9-13(17)18;1-12(2,17-11(15)6-10(13)14)8-5-7-3-4-9(8)16-7/h13-14H,1,5-11H2,2-4H3,(H,21,22);9-12H,1,5-7H2,2-4H3,(H,17,18);11-12H,1,5-9H2,2-4H3,(H,17,18);3-4,7-9H,5-6H2,1-2H3,(H,13,14). The van der Waals surface area contributed by atoms with Gasteiger partial charge in [-0.15, -0.1) is 0 Å². The van der Waals surface area contributed by atoms with Crippen LogP contribution in [-0.4, -0.2) is 151 Å². The van der Waals surface area contributed by atoms with E-state index in [0.29, 0.717) is 60.7 Å². The minimum atomic E-state index is -1.22. The van der Waals surface area contributed by atoms with Gasteiger partial charge in [0.2, 0.25) is 0 Å². The Kier molecular flexibility index (Phi) is 23.4. The van der Waals surface area contributed by atoms with Gasteiger partial charge in [0, 0.05) is 40.4 Å². The average Bonchev–Trinajstić information content (AvgIpc) is 0.945. The Hall–Kier alpha value is -6.95. The Labute approximate surface area is 513 Å². The zero-order valence-corrected chi connectivity index (χ0v) is 52.6. The molecule has 0 aromatic rings. The van der Waals surface area contributed by atoms with E-state index in [1.165, 1.54) is 0 Å². The molecule has 9 rings (SSSR count). The van der Waals surface area contributed by atoms with Gasteiger partial charge < -0.3 is 63.1 Å². The van der Waals surface area contributed by atoms with Crippen molar-refractivity contribution in [3.8, 4) is 0 Å². The SMILES string of the molecule is C=C(C)C(=O)OC12CC3CC(C1)CC(C(C)(C)OC(=O)CC(=O)O)(C3)C2.C=C(C)C(=O)OC1CC2OC1CC2C(C)(C)OC(=O)CC(=O)O.C=C(C)C(=O)OC1CCC(C(C)(C)OC(=O)CC(=O)O)CC1.CC(C)(OC(=O)CC(=O)O)C1CC2C=CC1O2. The highest BCUT2D eigenvalue weighted by Crippen LogP contribution is 2.67. The molecule has 0 radical (unpaired) electrons. The first kappa shape index (κ1) is 71.8. The molecule has 5 saturated carbocycles. The molecule has 5 aliphatic carbocycles. The minimum absolute atomic E-state index is 0.0207. The van der Waals surface area contributed by atoms with Crippen LogP contribution in [0.5, 0.6) is 0 Å². The highest BCUT2D eigenvalue weighted by molar-refractivity contribution is 5.92. The zero-order valence-electron chi connectivity index (χ0n) is 52.6. The molecule has 88 heavy (non-hydrogen) atoms. The Bertz CT molecular complexity index is 2740. The van der Waals surface area contributed by atoms with Gasteiger partial charge in [-0.05, 0) is 171 Å². The van der Waals surface area contributed by atoms with Crippen molar-refractivity contribution in [1.29, 1.82) is 0 Å². The van der Waals surface area contributed by atoms with Crippen molar-refractivity contribution in [3.05, 3.63) is 48.6 Å². The number of carboxylic acids is 4. The first-order chi connectivity index (χ1) is 40.6. The van der Waals surface area contributed by atoms with Crippen molar-refractivity contribution >= 4 is 65.7 Å². The number of carbonyl (C=O) groups is 11. The molecule has 0 amide bonds. The van der Waals surface area contributed by atoms with Crippen LogP contribution in [0.1, 0.15) is 185 Å². The number of hydrogen-bond donors (Lipinski definition) is 4. The fourth-order valence-corrected chi connectivity index (χ4v) is 14.2. The Morgan fingerprint density at radius 1 is 0.500 bits per heavy atom. The lowest BCUT2D eigenvalue weighted by Crippen LogP contribution is -2.64. The fraction of sp³-hybridized carbons (Fsp3) is 0.703. The molecule has 4 aliphatic heterocycles. The smallest absolute Gasteiger partial charge is 0.333 e. The van der Waals surface area contributed by atoms with Gasteiger partial charge in [0.1, 0.15) is 65.9 Å². The third-order valence-electron chi connectivity index (χ3n) is 18.2. The van der Waals surface area contributed by atoms with E-state index in [4.69, 9.17) is 63.1 Å². The summed E-state index contributed by atoms with van der Waals surface area (Å²) >= 11 is 0. The molecule has 9 atom stereocenters. The number of carbonyl (C=O) groups excluding carboxylic acids is 7. The minimum Gasteiger partial charge on any atom is -0.481 e. The third kappa shape index (κ3) is 19.3. The van der Waals surface area contributed by atoms with E-state index in [1.54, 1.807) is 62.3 Å². The predicted octanol–water partition coefficient (Wildman–Crippen LogP) is 8.28. The van der Waals surface area contributed by atoms with Crippen LogP contribution in [0.25, 0.3) is 0 Å². The lowest BCUT2D eigenvalue weighted by molar-refractivity contribution is -0.240. The number of ether oxygens (including phenoxy) is 9. The molecule has 8 bridgehead atoms. The molecule has 0 spiro atoms. The maximum atomic E-state index is 12.2. The lowest BCUT2D eigenvalue weighted by atomic mass is 9.44. The van der Waals surface area contributed by atoms with Gasteiger partial charge in [0.05, 0.1) is 24.4 Å². The quantitative estimate of drug-likeness (QED) is 0.0260. The van der Waals surface area contributed by atoms with Crippen LogP contribution in [-0.2, 0) is 95.4 Å². The number of rotatable bonds is 22. The molecule has 490 valence electrons. The second-order valence-electron chi connectivity index (χ2n) is 27.1. The molecule has 0 aromatic carbocycles. The van der Waals surface area contributed by atoms with Crippen molar-refractivity contribution in [1.82, 2.24) is 0 Å². The second kappa shape index (κ2) is 28.7. The Morgan fingerprint density at radius 3 is 1.35 bits per heavy atom. The van der Waals surface area contributed by atoms with E-state index in [-0.39, 0.29) is 71.7 Å². The number of fused-ring (bicyclic) bond motifs is 4. The summed E-state index contributed by atoms with van der Waals surface area (Å²) < 4.78 is 49.6. The molecule has 0 aromatic heterocycles. The maximum Gasteiger partial charge on any atom is 0.333 e. The number of aliphatic carboxylic acids is 4. The highest BCUT2D eigenvalue weighted by atomic mass is 16.6. The van der Waals surface area contributed by atoms with Crippen LogP contribution in [0.2, 0.25) is 0 Å². The van der Waals surface area contributed by atoms with E-state index < -0.39 is 107 Å². The Morgan fingerprint density at radius 2 is 0.943 bits per heavy atom. The van der Waals surface area contributed by atoms with E-state index in [0.717, 1.165) is 51.4 Å². The van der Waals surface area contributed by atoms with Crippen LogP contribution in [0.4, 0.5) is 0 Å². The van der Waals surface area contributed by atoms with Gasteiger partial charge in [0.25, 0.3) is 0 Å². The number of esters is 7. The topological polar surface area (TPSA) is 352 Å². The van der Waals surface area contributed by atoms with Gasteiger partial charge in [-0.2, -0.15) is 0 Å². The summed E-state index contributed by atoms with van der Waals surface area (Å²) in [7, 11) is 0. The molecule has 24 heteroatoms. The van der Waals surface area contributed by atoms with E-state index in [9.17, 15) is 52.7 Å². The van der Waals surface area contributed by atoms with Gasteiger partial charge >= 0.3 is 65.7 Å². The van der Waals surface area contributed by atoms with Crippen LogP contribution >= 0.6 is 0 Å². The number of hydrogen-bond acceptors (Lipinski definition) is 20. The third-order valence-corrected chi connectivity index (χ3v) is 18.2. The molecule has 3 saturated heterocycles. The fourth-order valence-electron chi connectivity index (χ4n) is 14.2.